The minimum atomic E-state index is -0.455. The van der Waals surface area contributed by atoms with Crippen LogP contribution in [0.4, 0.5) is 11.5 Å². The van der Waals surface area contributed by atoms with Crippen molar-refractivity contribution in [2.75, 3.05) is 24.6 Å². The minimum Gasteiger partial charge on any atom is -0.396 e. The second-order valence-electron chi connectivity index (χ2n) is 4.27. The summed E-state index contributed by atoms with van der Waals surface area (Å²) in [6.45, 7) is 1.84. The van der Waals surface area contributed by atoms with Crippen LogP contribution in [0.25, 0.3) is 0 Å². The highest BCUT2D eigenvalue weighted by Crippen LogP contribution is 2.22. The SMILES string of the molecule is O=[N+]([O-])c1ccc(N2CCCC(CO)C2)nc1. The van der Waals surface area contributed by atoms with E-state index in [4.69, 9.17) is 5.11 Å². The number of aliphatic hydroxyl groups excluding tert-OH is 1. The third-order valence-corrected chi connectivity index (χ3v) is 3.04. The van der Waals surface area contributed by atoms with Crippen molar-refractivity contribution in [2.24, 2.45) is 5.92 Å². The number of aliphatic hydroxyl groups is 1. The van der Waals surface area contributed by atoms with Crippen molar-refractivity contribution in [1.82, 2.24) is 4.98 Å². The Kier molecular flexibility index (Phi) is 3.53. The van der Waals surface area contributed by atoms with Gasteiger partial charge in [-0.1, -0.05) is 0 Å². The predicted octanol–water partition coefficient (Wildman–Crippen LogP) is 1.20. The molecule has 1 atom stereocenters. The molecule has 92 valence electrons. The van der Waals surface area contributed by atoms with Crippen LogP contribution in [0.3, 0.4) is 0 Å². The van der Waals surface area contributed by atoms with Gasteiger partial charge in [0.25, 0.3) is 5.69 Å². The van der Waals surface area contributed by atoms with Crippen molar-refractivity contribution in [3.8, 4) is 0 Å². The number of hydrogen-bond acceptors (Lipinski definition) is 5. The Morgan fingerprint density at radius 1 is 1.59 bits per heavy atom. The summed E-state index contributed by atoms with van der Waals surface area (Å²) in [5.41, 5.74) is 0.00414. The van der Waals surface area contributed by atoms with Crippen molar-refractivity contribution < 1.29 is 10.0 Å². The van der Waals surface area contributed by atoms with Crippen molar-refractivity contribution >= 4 is 11.5 Å². The van der Waals surface area contributed by atoms with E-state index in [0.717, 1.165) is 31.7 Å². The van der Waals surface area contributed by atoms with Gasteiger partial charge in [-0.3, -0.25) is 10.1 Å². The fourth-order valence-corrected chi connectivity index (χ4v) is 2.10. The lowest BCUT2D eigenvalue weighted by atomic mass is 9.99. The minimum absolute atomic E-state index is 0.00414. The topological polar surface area (TPSA) is 79.5 Å². The average Bonchev–Trinajstić information content (AvgIpc) is 2.39. The third-order valence-electron chi connectivity index (χ3n) is 3.04. The van der Waals surface area contributed by atoms with E-state index in [1.165, 1.54) is 12.3 Å². The summed E-state index contributed by atoms with van der Waals surface area (Å²) in [5.74, 6) is 1.02. The number of rotatable bonds is 3. The number of piperidine rings is 1. The van der Waals surface area contributed by atoms with Gasteiger partial charge in [-0.05, 0) is 24.8 Å². The van der Waals surface area contributed by atoms with Gasteiger partial charge in [-0.25, -0.2) is 4.98 Å². The van der Waals surface area contributed by atoms with E-state index in [9.17, 15) is 10.1 Å². The number of anilines is 1. The highest BCUT2D eigenvalue weighted by atomic mass is 16.6. The predicted molar refractivity (Wildman–Crippen MR) is 62.9 cm³/mol. The second kappa shape index (κ2) is 5.09. The van der Waals surface area contributed by atoms with Crippen LogP contribution in [0.2, 0.25) is 0 Å². The summed E-state index contributed by atoms with van der Waals surface area (Å²) in [5, 5.41) is 19.6. The molecule has 6 heteroatoms. The summed E-state index contributed by atoms with van der Waals surface area (Å²) >= 11 is 0. The molecule has 2 rings (SSSR count). The van der Waals surface area contributed by atoms with Gasteiger partial charge in [0, 0.05) is 25.8 Å². The number of pyridine rings is 1. The summed E-state index contributed by atoms with van der Waals surface area (Å²) in [6.07, 6.45) is 3.32. The lowest BCUT2D eigenvalue weighted by molar-refractivity contribution is -0.385. The summed E-state index contributed by atoms with van der Waals surface area (Å²) in [4.78, 5) is 16.2. The molecular formula is C11H15N3O3. The van der Waals surface area contributed by atoms with Crippen LogP contribution >= 0.6 is 0 Å². The van der Waals surface area contributed by atoms with E-state index < -0.39 is 4.92 Å². The molecule has 0 aliphatic carbocycles. The first kappa shape index (κ1) is 11.8. The quantitative estimate of drug-likeness (QED) is 0.631. The van der Waals surface area contributed by atoms with E-state index in [1.54, 1.807) is 6.07 Å². The third kappa shape index (κ3) is 2.71. The van der Waals surface area contributed by atoms with Gasteiger partial charge in [0.1, 0.15) is 12.0 Å². The molecule has 1 N–H and O–H groups in total. The zero-order chi connectivity index (χ0) is 12.3. The molecule has 0 amide bonds. The molecule has 0 bridgehead atoms. The van der Waals surface area contributed by atoms with Gasteiger partial charge in [-0.15, -0.1) is 0 Å². The molecule has 1 fully saturated rings. The van der Waals surface area contributed by atoms with Crippen LogP contribution in [0.15, 0.2) is 18.3 Å². The highest BCUT2D eigenvalue weighted by molar-refractivity contribution is 5.43. The maximum atomic E-state index is 10.5. The molecule has 1 unspecified atom stereocenters. The Labute approximate surface area is 99.0 Å². The number of hydrogen-bond donors (Lipinski definition) is 1. The maximum absolute atomic E-state index is 10.5. The van der Waals surface area contributed by atoms with Crippen molar-refractivity contribution in [3.63, 3.8) is 0 Å². The monoisotopic (exact) mass is 237 g/mol. The fraction of sp³-hybridized carbons (Fsp3) is 0.545. The van der Waals surface area contributed by atoms with E-state index in [0.29, 0.717) is 0 Å². The fourth-order valence-electron chi connectivity index (χ4n) is 2.10. The molecule has 1 aliphatic rings. The molecule has 0 saturated carbocycles. The molecular weight excluding hydrogens is 222 g/mol. The standard InChI is InChI=1S/C11H15N3O3/c15-8-9-2-1-5-13(7-9)11-4-3-10(6-12-11)14(16)17/h3-4,6,9,15H,1-2,5,7-8H2. The smallest absolute Gasteiger partial charge is 0.287 e. The summed E-state index contributed by atoms with van der Waals surface area (Å²) in [7, 11) is 0. The van der Waals surface area contributed by atoms with Gasteiger partial charge < -0.3 is 10.0 Å². The molecule has 17 heavy (non-hydrogen) atoms. The van der Waals surface area contributed by atoms with Gasteiger partial charge in [0.15, 0.2) is 0 Å². The summed E-state index contributed by atoms with van der Waals surface area (Å²) < 4.78 is 0. The van der Waals surface area contributed by atoms with Crippen LogP contribution in [0.1, 0.15) is 12.8 Å². The number of aromatic nitrogens is 1. The molecule has 1 aromatic rings. The number of nitro groups is 1. The largest absolute Gasteiger partial charge is 0.396 e. The Balaban J connectivity index is 2.08. The summed E-state index contributed by atoms with van der Waals surface area (Å²) in [6, 6.07) is 3.13. The second-order valence-corrected chi connectivity index (χ2v) is 4.27. The van der Waals surface area contributed by atoms with Crippen LogP contribution in [0, 0.1) is 16.0 Å². The normalized spacial score (nSPS) is 20.3. The van der Waals surface area contributed by atoms with Crippen molar-refractivity contribution in [3.05, 3.63) is 28.4 Å². The Morgan fingerprint density at radius 3 is 3.00 bits per heavy atom. The van der Waals surface area contributed by atoms with Crippen LogP contribution in [-0.2, 0) is 0 Å². The van der Waals surface area contributed by atoms with Gasteiger partial charge in [0.05, 0.1) is 4.92 Å². The molecule has 6 nitrogen and oxygen atoms in total. The molecule has 0 aromatic carbocycles. The Hall–Kier alpha value is -1.69. The molecule has 1 aliphatic heterocycles. The van der Waals surface area contributed by atoms with Gasteiger partial charge in [0.2, 0.25) is 0 Å². The maximum Gasteiger partial charge on any atom is 0.287 e. The Bertz CT molecular complexity index is 393. The van der Waals surface area contributed by atoms with Crippen molar-refractivity contribution in [1.29, 1.82) is 0 Å². The zero-order valence-corrected chi connectivity index (χ0v) is 9.45. The molecule has 1 saturated heterocycles. The van der Waals surface area contributed by atoms with Crippen molar-refractivity contribution in [2.45, 2.75) is 12.8 Å². The van der Waals surface area contributed by atoms with E-state index in [1.807, 2.05) is 0 Å². The lowest BCUT2D eigenvalue weighted by Gasteiger charge is -2.32. The van der Waals surface area contributed by atoms with Crippen LogP contribution < -0.4 is 4.90 Å². The van der Waals surface area contributed by atoms with E-state index in [-0.39, 0.29) is 18.2 Å². The zero-order valence-electron chi connectivity index (χ0n) is 9.45. The molecule has 0 radical (unpaired) electrons. The first-order valence-corrected chi connectivity index (χ1v) is 5.67. The van der Waals surface area contributed by atoms with Crippen LogP contribution in [0.5, 0.6) is 0 Å². The first-order chi connectivity index (χ1) is 8.20. The molecule has 1 aromatic heterocycles. The first-order valence-electron chi connectivity index (χ1n) is 5.67. The van der Waals surface area contributed by atoms with Gasteiger partial charge >= 0.3 is 0 Å². The number of nitrogens with zero attached hydrogens (tertiary/aromatic N) is 3. The van der Waals surface area contributed by atoms with E-state index in [2.05, 4.69) is 9.88 Å². The molecule has 2 heterocycles. The molecule has 0 spiro atoms. The lowest BCUT2D eigenvalue weighted by Crippen LogP contribution is -2.37. The van der Waals surface area contributed by atoms with Crippen LogP contribution in [-0.4, -0.2) is 34.7 Å². The average molecular weight is 237 g/mol. The van der Waals surface area contributed by atoms with Gasteiger partial charge in [-0.2, -0.15) is 0 Å². The Morgan fingerprint density at radius 2 is 2.41 bits per heavy atom. The highest BCUT2D eigenvalue weighted by Gasteiger charge is 2.20. The van der Waals surface area contributed by atoms with E-state index >= 15 is 0 Å².